The molecule has 0 radical (unpaired) electrons. The maximum atomic E-state index is 10.5. The molecular weight excluding hydrogens is 152 g/mol. The highest BCUT2D eigenvalue weighted by molar-refractivity contribution is 5.69. The maximum absolute atomic E-state index is 10.5. The highest BCUT2D eigenvalue weighted by atomic mass is 16.4. The molecule has 0 aromatic carbocycles. The molecule has 0 rings (SSSR count). The van der Waals surface area contributed by atoms with Gasteiger partial charge in [0.05, 0.1) is 5.92 Å². The molecule has 0 heterocycles. The quantitative estimate of drug-likeness (QED) is 0.644. The SMILES string of the molecule is C/C=C/CC(C)CC(C)C(=O)O. The Labute approximate surface area is 74.3 Å². The molecule has 0 fully saturated rings. The third-order valence-electron chi connectivity index (χ3n) is 1.95. The molecule has 2 nitrogen and oxygen atoms in total. The van der Waals surface area contributed by atoms with Crippen molar-refractivity contribution in [1.82, 2.24) is 0 Å². The van der Waals surface area contributed by atoms with Gasteiger partial charge in [0.25, 0.3) is 0 Å². The van der Waals surface area contributed by atoms with Gasteiger partial charge in [-0.15, -0.1) is 0 Å². The zero-order chi connectivity index (χ0) is 9.56. The molecule has 2 heteroatoms. The maximum Gasteiger partial charge on any atom is 0.306 e. The third kappa shape index (κ3) is 4.94. The minimum atomic E-state index is -0.692. The number of rotatable bonds is 5. The van der Waals surface area contributed by atoms with Gasteiger partial charge >= 0.3 is 5.97 Å². The molecule has 0 aliphatic carbocycles. The first-order valence-corrected chi connectivity index (χ1v) is 4.41. The monoisotopic (exact) mass is 170 g/mol. The van der Waals surface area contributed by atoms with Crippen molar-refractivity contribution < 1.29 is 9.90 Å². The second-order valence-corrected chi connectivity index (χ2v) is 3.38. The summed E-state index contributed by atoms with van der Waals surface area (Å²) >= 11 is 0. The summed E-state index contributed by atoms with van der Waals surface area (Å²) in [6, 6.07) is 0. The number of carboxylic acids is 1. The fourth-order valence-corrected chi connectivity index (χ4v) is 1.17. The van der Waals surface area contributed by atoms with Crippen molar-refractivity contribution in [1.29, 1.82) is 0 Å². The fourth-order valence-electron chi connectivity index (χ4n) is 1.17. The van der Waals surface area contributed by atoms with Gasteiger partial charge < -0.3 is 5.11 Å². The predicted molar refractivity (Wildman–Crippen MR) is 50.0 cm³/mol. The average Bonchev–Trinajstić information content (AvgIpc) is 2.00. The van der Waals surface area contributed by atoms with E-state index in [1.807, 2.05) is 13.0 Å². The van der Waals surface area contributed by atoms with Crippen molar-refractivity contribution >= 4 is 5.97 Å². The van der Waals surface area contributed by atoms with E-state index in [2.05, 4.69) is 13.0 Å². The Morgan fingerprint density at radius 2 is 2.08 bits per heavy atom. The first-order valence-electron chi connectivity index (χ1n) is 4.41. The Balaban J connectivity index is 3.68. The van der Waals surface area contributed by atoms with Gasteiger partial charge in [0.2, 0.25) is 0 Å². The molecule has 0 aliphatic rings. The van der Waals surface area contributed by atoms with Crippen molar-refractivity contribution in [2.75, 3.05) is 0 Å². The van der Waals surface area contributed by atoms with Crippen LogP contribution in [0.25, 0.3) is 0 Å². The Morgan fingerprint density at radius 3 is 2.50 bits per heavy atom. The summed E-state index contributed by atoms with van der Waals surface area (Å²) in [6.07, 6.45) is 5.83. The smallest absolute Gasteiger partial charge is 0.306 e. The molecular formula is C10H18O2. The van der Waals surface area contributed by atoms with Gasteiger partial charge in [-0.3, -0.25) is 4.79 Å². The van der Waals surface area contributed by atoms with Gasteiger partial charge in [-0.2, -0.15) is 0 Å². The normalized spacial score (nSPS) is 16.2. The molecule has 0 saturated heterocycles. The third-order valence-corrected chi connectivity index (χ3v) is 1.95. The van der Waals surface area contributed by atoms with E-state index < -0.39 is 5.97 Å². The van der Waals surface area contributed by atoms with Crippen LogP contribution in [0.15, 0.2) is 12.2 Å². The van der Waals surface area contributed by atoms with Crippen molar-refractivity contribution in [2.24, 2.45) is 11.8 Å². The van der Waals surface area contributed by atoms with Crippen LogP contribution in [0.3, 0.4) is 0 Å². The fraction of sp³-hybridized carbons (Fsp3) is 0.700. The average molecular weight is 170 g/mol. The Morgan fingerprint density at radius 1 is 1.50 bits per heavy atom. The van der Waals surface area contributed by atoms with Crippen LogP contribution in [0, 0.1) is 11.8 Å². The first kappa shape index (κ1) is 11.2. The van der Waals surface area contributed by atoms with Crippen molar-refractivity contribution in [3.05, 3.63) is 12.2 Å². The van der Waals surface area contributed by atoms with Crippen LogP contribution in [0.4, 0.5) is 0 Å². The summed E-state index contributed by atoms with van der Waals surface area (Å²) < 4.78 is 0. The van der Waals surface area contributed by atoms with E-state index in [9.17, 15) is 4.79 Å². The van der Waals surface area contributed by atoms with Crippen LogP contribution < -0.4 is 0 Å². The minimum absolute atomic E-state index is 0.217. The van der Waals surface area contributed by atoms with Crippen LogP contribution in [0.5, 0.6) is 0 Å². The second-order valence-electron chi connectivity index (χ2n) is 3.38. The number of hydrogen-bond donors (Lipinski definition) is 1. The van der Waals surface area contributed by atoms with Gasteiger partial charge in [-0.05, 0) is 25.7 Å². The zero-order valence-corrected chi connectivity index (χ0v) is 8.08. The molecule has 0 saturated carbocycles. The van der Waals surface area contributed by atoms with Crippen LogP contribution in [-0.4, -0.2) is 11.1 Å². The van der Waals surface area contributed by atoms with E-state index in [1.165, 1.54) is 0 Å². The standard InChI is InChI=1S/C10H18O2/c1-4-5-6-8(2)7-9(3)10(11)12/h4-5,8-9H,6-7H2,1-3H3,(H,11,12)/b5-4+. The lowest BCUT2D eigenvalue weighted by Crippen LogP contribution is -2.12. The van der Waals surface area contributed by atoms with Crippen LogP contribution >= 0.6 is 0 Å². The van der Waals surface area contributed by atoms with Crippen LogP contribution in [-0.2, 0) is 4.79 Å². The summed E-state index contributed by atoms with van der Waals surface area (Å²) in [7, 11) is 0. The summed E-state index contributed by atoms with van der Waals surface area (Å²) in [4.78, 5) is 10.5. The van der Waals surface area contributed by atoms with Gasteiger partial charge in [0, 0.05) is 0 Å². The summed E-state index contributed by atoms with van der Waals surface area (Å²) in [5.41, 5.74) is 0. The molecule has 0 aromatic rings. The van der Waals surface area contributed by atoms with Gasteiger partial charge in [0.1, 0.15) is 0 Å². The molecule has 1 N–H and O–H groups in total. The molecule has 2 unspecified atom stereocenters. The zero-order valence-electron chi connectivity index (χ0n) is 8.08. The second kappa shape index (κ2) is 5.81. The van der Waals surface area contributed by atoms with E-state index in [0.717, 1.165) is 12.8 Å². The highest BCUT2D eigenvalue weighted by Gasteiger charge is 2.13. The van der Waals surface area contributed by atoms with Gasteiger partial charge in [0.15, 0.2) is 0 Å². The molecule has 0 aromatic heterocycles. The summed E-state index contributed by atoms with van der Waals surface area (Å²) in [5, 5.41) is 8.64. The van der Waals surface area contributed by atoms with E-state index in [-0.39, 0.29) is 5.92 Å². The Hall–Kier alpha value is -0.790. The minimum Gasteiger partial charge on any atom is -0.481 e. The lowest BCUT2D eigenvalue weighted by atomic mass is 9.95. The Bertz CT molecular complexity index is 161. The van der Waals surface area contributed by atoms with Gasteiger partial charge in [-0.25, -0.2) is 0 Å². The molecule has 0 spiro atoms. The van der Waals surface area contributed by atoms with E-state index in [0.29, 0.717) is 5.92 Å². The molecule has 70 valence electrons. The molecule has 2 atom stereocenters. The van der Waals surface area contributed by atoms with Crippen LogP contribution in [0.2, 0.25) is 0 Å². The van der Waals surface area contributed by atoms with Crippen molar-refractivity contribution in [3.8, 4) is 0 Å². The van der Waals surface area contributed by atoms with Crippen LogP contribution in [0.1, 0.15) is 33.6 Å². The predicted octanol–water partition coefficient (Wildman–Crippen LogP) is 2.70. The lowest BCUT2D eigenvalue weighted by molar-refractivity contribution is -0.141. The number of carbonyl (C=O) groups is 1. The number of hydrogen-bond acceptors (Lipinski definition) is 1. The molecule has 12 heavy (non-hydrogen) atoms. The largest absolute Gasteiger partial charge is 0.481 e. The van der Waals surface area contributed by atoms with E-state index >= 15 is 0 Å². The summed E-state index contributed by atoms with van der Waals surface area (Å²) in [5.74, 6) is -0.445. The van der Waals surface area contributed by atoms with Gasteiger partial charge in [-0.1, -0.05) is 26.0 Å². The Kier molecular flexibility index (Phi) is 5.43. The van der Waals surface area contributed by atoms with E-state index in [1.54, 1.807) is 6.92 Å². The van der Waals surface area contributed by atoms with E-state index in [4.69, 9.17) is 5.11 Å². The molecule has 0 bridgehead atoms. The topological polar surface area (TPSA) is 37.3 Å². The lowest BCUT2D eigenvalue weighted by Gasteiger charge is -2.11. The molecule has 0 aliphatic heterocycles. The van der Waals surface area contributed by atoms with Crippen molar-refractivity contribution in [3.63, 3.8) is 0 Å². The molecule has 0 amide bonds. The highest BCUT2D eigenvalue weighted by Crippen LogP contribution is 2.15. The van der Waals surface area contributed by atoms with Crippen molar-refractivity contribution in [2.45, 2.75) is 33.6 Å². The first-order chi connectivity index (χ1) is 5.57. The number of allylic oxidation sites excluding steroid dienone is 2. The summed E-state index contributed by atoms with van der Waals surface area (Å²) in [6.45, 7) is 5.82. The number of carboxylic acid groups (broad SMARTS) is 1. The number of aliphatic carboxylic acids is 1.